The standard InChI is InChI=1S/C10H20.CH4/c1-4-10-6-5-8(2)7-9(10)3;/h8-10H,4-7H2,1-3H3;1H4. The van der Waals surface area contributed by atoms with Gasteiger partial charge in [-0.3, -0.25) is 0 Å². The van der Waals surface area contributed by atoms with E-state index in [1.54, 1.807) is 0 Å². The number of rotatable bonds is 1. The summed E-state index contributed by atoms with van der Waals surface area (Å²) in [4.78, 5) is 0. The highest BCUT2D eigenvalue weighted by atomic mass is 14.3. The van der Waals surface area contributed by atoms with E-state index in [0.29, 0.717) is 0 Å². The zero-order chi connectivity index (χ0) is 7.56. The molecule has 0 heteroatoms. The molecular formula is C11H24. The zero-order valence-corrected chi connectivity index (χ0v) is 7.56. The molecule has 1 saturated carbocycles. The molecule has 1 aliphatic carbocycles. The Kier molecular flexibility index (Phi) is 4.79. The van der Waals surface area contributed by atoms with Gasteiger partial charge in [0, 0.05) is 0 Å². The lowest BCUT2D eigenvalue weighted by molar-refractivity contribution is 0.200. The molecule has 0 aliphatic heterocycles. The molecule has 0 spiro atoms. The van der Waals surface area contributed by atoms with Gasteiger partial charge in [-0.05, 0) is 30.6 Å². The van der Waals surface area contributed by atoms with E-state index in [4.69, 9.17) is 0 Å². The molecule has 0 aromatic carbocycles. The van der Waals surface area contributed by atoms with Crippen LogP contribution in [0.15, 0.2) is 0 Å². The third kappa shape index (κ3) is 2.84. The summed E-state index contributed by atoms with van der Waals surface area (Å²) in [5.74, 6) is 3.03. The molecule has 1 rings (SSSR count). The zero-order valence-electron chi connectivity index (χ0n) is 7.56. The topological polar surface area (TPSA) is 0 Å². The Labute approximate surface area is 72.4 Å². The monoisotopic (exact) mass is 156 g/mol. The van der Waals surface area contributed by atoms with Crippen LogP contribution in [-0.4, -0.2) is 0 Å². The second-order valence-electron chi connectivity index (χ2n) is 4.06. The molecule has 1 aliphatic rings. The third-order valence-corrected chi connectivity index (χ3v) is 3.13. The Morgan fingerprint density at radius 3 is 2.27 bits per heavy atom. The molecule has 1 fully saturated rings. The van der Waals surface area contributed by atoms with Gasteiger partial charge in [0.1, 0.15) is 0 Å². The molecule has 0 heterocycles. The van der Waals surface area contributed by atoms with E-state index < -0.39 is 0 Å². The molecule has 0 amide bonds. The summed E-state index contributed by atoms with van der Waals surface area (Å²) in [6.45, 7) is 7.14. The minimum Gasteiger partial charge on any atom is -0.0776 e. The summed E-state index contributed by atoms with van der Waals surface area (Å²) in [5.41, 5.74) is 0. The lowest BCUT2D eigenvalue weighted by Gasteiger charge is -2.31. The predicted molar refractivity (Wildman–Crippen MR) is 52.7 cm³/mol. The van der Waals surface area contributed by atoms with Crippen molar-refractivity contribution in [3.05, 3.63) is 0 Å². The number of hydrogen-bond acceptors (Lipinski definition) is 0. The van der Waals surface area contributed by atoms with E-state index in [1.807, 2.05) is 0 Å². The van der Waals surface area contributed by atoms with Crippen molar-refractivity contribution in [2.75, 3.05) is 0 Å². The van der Waals surface area contributed by atoms with Crippen molar-refractivity contribution in [2.45, 2.75) is 53.9 Å². The maximum atomic E-state index is 2.42. The average molecular weight is 156 g/mol. The minimum absolute atomic E-state index is 0. The summed E-state index contributed by atoms with van der Waals surface area (Å²) < 4.78 is 0. The fourth-order valence-corrected chi connectivity index (χ4v) is 2.33. The van der Waals surface area contributed by atoms with Crippen molar-refractivity contribution in [1.29, 1.82) is 0 Å². The maximum absolute atomic E-state index is 2.42. The lowest BCUT2D eigenvalue weighted by Crippen LogP contribution is -2.20. The minimum atomic E-state index is 0. The van der Waals surface area contributed by atoms with Crippen LogP contribution in [0.4, 0.5) is 0 Å². The molecule has 0 aromatic heterocycles. The van der Waals surface area contributed by atoms with E-state index in [-0.39, 0.29) is 7.43 Å². The third-order valence-electron chi connectivity index (χ3n) is 3.13. The highest BCUT2D eigenvalue weighted by Crippen LogP contribution is 2.34. The Morgan fingerprint density at radius 2 is 1.82 bits per heavy atom. The van der Waals surface area contributed by atoms with Crippen LogP contribution >= 0.6 is 0 Å². The van der Waals surface area contributed by atoms with Crippen LogP contribution in [-0.2, 0) is 0 Å². The van der Waals surface area contributed by atoms with Crippen LogP contribution in [0.5, 0.6) is 0 Å². The first-order valence-electron chi connectivity index (χ1n) is 4.74. The molecule has 68 valence electrons. The van der Waals surface area contributed by atoms with E-state index in [2.05, 4.69) is 20.8 Å². The van der Waals surface area contributed by atoms with Crippen molar-refractivity contribution >= 4 is 0 Å². The van der Waals surface area contributed by atoms with Crippen LogP contribution in [0.25, 0.3) is 0 Å². The maximum Gasteiger partial charge on any atom is -0.0391 e. The normalized spacial score (nSPS) is 37.9. The van der Waals surface area contributed by atoms with Gasteiger partial charge in [-0.1, -0.05) is 41.0 Å². The second-order valence-corrected chi connectivity index (χ2v) is 4.06. The quantitative estimate of drug-likeness (QED) is 0.536. The molecule has 11 heavy (non-hydrogen) atoms. The predicted octanol–water partition coefficient (Wildman–Crippen LogP) is 4.10. The molecule has 0 N–H and O–H groups in total. The second kappa shape index (κ2) is 4.79. The molecule has 3 unspecified atom stereocenters. The van der Waals surface area contributed by atoms with Crippen LogP contribution in [0.2, 0.25) is 0 Å². The van der Waals surface area contributed by atoms with Crippen molar-refractivity contribution < 1.29 is 0 Å². The van der Waals surface area contributed by atoms with Gasteiger partial charge in [0.05, 0.1) is 0 Å². The first-order valence-corrected chi connectivity index (χ1v) is 4.74. The van der Waals surface area contributed by atoms with Crippen LogP contribution in [0, 0.1) is 17.8 Å². The van der Waals surface area contributed by atoms with Gasteiger partial charge in [0.15, 0.2) is 0 Å². The SMILES string of the molecule is C.CCC1CCC(C)CC1C. The van der Waals surface area contributed by atoms with Gasteiger partial charge in [0.2, 0.25) is 0 Å². The van der Waals surface area contributed by atoms with E-state index in [9.17, 15) is 0 Å². The summed E-state index contributed by atoms with van der Waals surface area (Å²) in [5, 5.41) is 0. The molecule has 3 atom stereocenters. The smallest absolute Gasteiger partial charge is 0.0391 e. The Hall–Kier alpha value is 0. The number of hydrogen-bond donors (Lipinski definition) is 0. The fraction of sp³-hybridized carbons (Fsp3) is 1.00. The lowest BCUT2D eigenvalue weighted by atomic mass is 9.75. The largest absolute Gasteiger partial charge is 0.0776 e. The van der Waals surface area contributed by atoms with Gasteiger partial charge in [0.25, 0.3) is 0 Å². The molecule has 0 nitrogen and oxygen atoms in total. The highest BCUT2D eigenvalue weighted by molar-refractivity contribution is 4.74. The summed E-state index contributed by atoms with van der Waals surface area (Å²) in [7, 11) is 0. The van der Waals surface area contributed by atoms with Crippen molar-refractivity contribution in [3.8, 4) is 0 Å². The summed E-state index contributed by atoms with van der Waals surface area (Å²) in [6.07, 6.45) is 5.83. The fourth-order valence-electron chi connectivity index (χ4n) is 2.33. The van der Waals surface area contributed by atoms with Crippen LogP contribution < -0.4 is 0 Å². The Balaban J connectivity index is 0.000001000. The van der Waals surface area contributed by atoms with Gasteiger partial charge >= 0.3 is 0 Å². The summed E-state index contributed by atoms with van der Waals surface area (Å²) in [6, 6.07) is 0. The van der Waals surface area contributed by atoms with Crippen molar-refractivity contribution in [1.82, 2.24) is 0 Å². The molecular weight excluding hydrogens is 132 g/mol. The molecule has 0 saturated heterocycles. The van der Waals surface area contributed by atoms with Gasteiger partial charge in [-0.25, -0.2) is 0 Å². The van der Waals surface area contributed by atoms with Gasteiger partial charge < -0.3 is 0 Å². The van der Waals surface area contributed by atoms with Gasteiger partial charge in [-0.15, -0.1) is 0 Å². The highest BCUT2D eigenvalue weighted by Gasteiger charge is 2.23. The first kappa shape index (κ1) is 11.0. The Bertz CT molecular complexity index is 96.2. The average Bonchev–Trinajstić information content (AvgIpc) is 1.88. The van der Waals surface area contributed by atoms with Crippen molar-refractivity contribution in [3.63, 3.8) is 0 Å². The van der Waals surface area contributed by atoms with Crippen LogP contribution in [0.3, 0.4) is 0 Å². The Morgan fingerprint density at radius 1 is 1.18 bits per heavy atom. The summed E-state index contributed by atoms with van der Waals surface area (Å²) >= 11 is 0. The first-order chi connectivity index (χ1) is 4.74. The van der Waals surface area contributed by atoms with E-state index >= 15 is 0 Å². The molecule has 0 aromatic rings. The van der Waals surface area contributed by atoms with Crippen LogP contribution in [0.1, 0.15) is 53.9 Å². The molecule has 0 radical (unpaired) electrons. The van der Waals surface area contributed by atoms with Crippen molar-refractivity contribution in [2.24, 2.45) is 17.8 Å². The van der Waals surface area contributed by atoms with E-state index in [0.717, 1.165) is 17.8 Å². The molecule has 0 bridgehead atoms. The van der Waals surface area contributed by atoms with Gasteiger partial charge in [-0.2, -0.15) is 0 Å². The van der Waals surface area contributed by atoms with E-state index in [1.165, 1.54) is 25.7 Å².